The van der Waals surface area contributed by atoms with Gasteiger partial charge >= 0.3 is 5.97 Å². The van der Waals surface area contributed by atoms with E-state index in [4.69, 9.17) is 9.15 Å². The van der Waals surface area contributed by atoms with Crippen molar-refractivity contribution in [2.24, 2.45) is 0 Å². The van der Waals surface area contributed by atoms with Crippen LogP contribution < -0.4 is 0 Å². The number of hydrogen-bond donors (Lipinski definition) is 0. The maximum absolute atomic E-state index is 13.0. The number of hydrogen-bond acceptors (Lipinski definition) is 4. The number of aryl methyl sites for hydroxylation is 1. The lowest BCUT2D eigenvalue weighted by Gasteiger charge is -2.27. The smallest absolute Gasteiger partial charge is 0.316 e. The number of esters is 1. The maximum Gasteiger partial charge on any atom is 0.316 e. The van der Waals surface area contributed by atoms with Gasteiger partial charge < -0.3 is 9.15 Å². The van der Waals surface area contributed by atoms with Gasteiger partial charge in [0.05, 0.1) is 5.41 Å². The van der Waals surface area contributed by atoms with Crippen molar-refractivity contribution in [3.8, 4) is 11.5 Å². The number of rotatable bonds is 5. The van der Waals surface area contributed by atoms with Crippen LogP contribution in [0.25, 0.3) is 11.5 Å². The molecule has 1 aliphatic carbocycles. The zero-order chi connectivity index (χ0) is 18.7. The molecule has 0 radical (unpaired) electrons. The fourth-order valence-electron chi connectivity index (χ4n) is 3.88. The third kappa shape index (κ3) is 3.39. The Morgan fingerprint density at radius 3 is 2.33 bits per heavy atom. The zero-order valence-electron chi connectivity index (χ0n) is 15.5. The molecule has 4 rings (SSSR count). The molecule has 2 aromatic carbocycles. The van der Waals surface area contributed by atoms with Gasteiger partial charge in [-0.3, -0.25) is 4.79 Å². The van der Waals surface area contributed by atoms with E-state index in [1.165, 1.54) is 0 Å². The summed E-state index contributed by atoms with van der Waals surface area (Å²) >= 11 is 0. The Labute approximate surface area is 159 Å². The number of oxazole rings is 1. The minimum absolute atomic E-state index is 0.135. The molecule has 3 aromatic rings. The standard InChI is InChI=1S/C23H23NO3/c1-17-20(24-21(27-17)18-10-4-2-5-11-18)16-26-22(25)23(14-8-9-15-23)19-12-6-3-7-13-19/h2-7,10-13H,8-9,14-16H2,1H3. The summed E-state index contributed by atoms with van der Waals surface area (Å²) in [6, 6.07) is 19.7. The van der Waals surface area contributed by atoms with E-state index in [0.29, 0.717) is 17.3 Å². The highest BCUT2D eigenvalue weighted by Gasteiger charge is 2.44. The highest BCUT2D eigenvalue weighted by Crippen LogP contribution is 2.42. The van der Waals surface area contributed by atoms with Gasteiger partial charge in [-0.1, -0.05) is 61.4 Å². The molecule has 27 heavy (non-hydrogen) atoms. The first-order valence-corrected chi connectivity index (χ1v) is 9.43. The number of carbonyl (C=O) groups excluding carboxylic acids is 1. The number of benzene rings is 2. The lowest BCUT2D eigenvalue weighted by atomic mass is 9.79. The fraction of sp³-hybridized carbons (Fsp3) is 0.304. The minimum Gasteiger partial charge on any atom is -0.458 e. The lowest BCUT2D eigenvalue weighted by Crippen LogP contribution is -2.34. The Morgan fingerprint density at radius 2 is 1.67 bits per heavy atom. The largest absolute Gasteiger partial charge is 0.458 e. The van der Waals surface area contributed by atoms with Crippen molar-refractivity contribution in [1.82, 2.24) is 4.98 Å². The average molecular weight is 361 g/mol. The minimum atomic E-state index is -0.527. The summed E-state index contributed by atoms with van der Waals surface area (Å²) < 4.78 is 11.5. The van der Waals surface area contributed by atoms with Gasteiger partial charge in [0, 0.05) is 5.56 Å². The predicted molar refractivity (Wildman–Crippen MR) is 103 cm³/mol. The molecule has 1 aromatic heterocycles. The van der Waals surface area contributed by atoms with Crippen LogP contribution in [0.3, 0.4) is 0 Å². The van der Waals surface area contributed by atoms with Gasteiger partial charge in [-0.2, -0.15) is 0 Å². The molecule has 0 amide bonds. The van der Waals surface area contributed by atoms with E-state index in [1.54, 1.807) is 0 Å². The van der Waals surface area contributed by atoms with Crippen LogP contribution >= 0.6 is 0 Å². The molecule has 0 saturated heterocycles. The first-order chi connectivity index (χ1) is 13.2. The third-order valence-corrected chi connectivity index (χ3v) is 5.43. The van der Waals surface area contributed by atoms with Crippen molar-refractivity contribution in [1.29, 1.82) is 0 Å². The van der Waals surface area contributed by atoms with Crippen molar-refractivity contribution in [3.63, 3.8) is 0 Å². The summed E-state index contributed by atoms with van der Waals surface area (Å²) in [7, 11) is 0. The van der Waals surface area contributed by atoms with Crippen LogP contribution in [0, 0.1) is 6.92 Å². The summed E-state index contributed by atoms with van der Waals surface area (Å²) in [6.45, 7) is 1.99. The second-order valence-corrected chi connectivity index (χ2v) is 7.12. The quantitative estimate of drug-likeness (QED) is 0.586. The highest BCUT2D eigenvalue weighted by atomic mass is 16.5. The van der Waals surface area contributed by atoms with Crippen molar-refractivity contribution in [2.45, 2.75) is 44.6 Å². The molecular weight excluding hydrogens is 338 g/mol. The van der Waals surface area contributed by atoms with E-state index < -0.39 is 5.41 Å². The van der Waals surface area contributed by atoms with Crippen LogP contribution in [0.1, 0.15) is 42.7 Å². The van der Waals surface area contributed by atoms with Gasteiger partial charge in [0.15, 0.2) is 0 Å². The van der Waals surface area contributed by atoms with Gasteiger partial charge in [0.2, 0.25) is 5.89 Å². The molecule has 1 saturated carbocycles. The van der Waals surface area contributed by atoms with Gasteiger partial charge in [-0.15, -0.1) is 0 Å². The first kappa shape index (κ1) is 17.5. The monoisotopic (exact) mass is 361 g/mol. The van der Waals surface area contributed by atoms with Gasteiger partial charge in [-0.25, -0.2) is 4.98 Å². The average Bonchev–Trinajstić information content (AvgIpc) is 3.35. The number of aromatic nitrogens is 1. The molecule has 138 valence electrons. The van der Waals surface area contributed by atoms with Crippen molar-refractivity contribution in [3.05, 3.63) is 77.7 Å². The second kappa shape index (κ2) is 7.39. The number of carbonyl (C=O) groups is 1. The van der Waals surface area contributed by atoms with Crippen LogP contribution in [0.2, 0.25) is 0 Å². The molecule has 0 spiro atoms. The lowest BCUT2D eigenvalue weighted by molar-refractivity contribution is -0.152. The van der Waals surface area contributed by atoms with Crippen molar-refractivity contribution < 1.29 is 13.9 Å². The molecule has 1 heterocycles. The maximum atomic E-state index is 13.0. The topological polar surface area (TPSA) is 52.3 Å². The van der Waals surface area contributed by atoms with Crippen LogP contribution in [0.15, 0.2) is 65.1 Å². The molecule has 0 bridgehead atoms. The molecular formula is C23H23NO3. The Hall–Kier alpha value is -2.88. The second-order valence-electron chi connectivity index (χ2n) is 7.12. The van der Waals surface area contributed by atoms with E-state index in [2.05, 4.69) is 4.98 Å². The Morgan fingerprint density at radius 1 is 1.04 bits per heavy atom. The summed E-state index contributed by atoms with van der Waals surface area (Å²) in [5.41, 5.74) is 2.11. The number of nitrogens with zero attached hydrogens (tertiary/aromatic N) is 1. The van der Waals surface area contributed by atoms with Crippen LogP contribution in [-0.4, -0.2) is 11.0 Å². The predicted octanol–water partition coefficient (Wildman–Crippen LogP) is 5.21. The first-order valence-electron chi connectivity index (χ1n) is 9.43. The van der Waals surface area contributed by atoms with E-state index in [0.717, 1.165) is 36.8 Å². The normalized spacial score (nSPS) is 15.6. The summed E-state index contributed by atoms with van der Waals surface area (Å²) in [4.78, 5) is 17.6. The third-order valence-electron chi connectivity index (χ3n) is 5.43. The SMILES string of the molecule is Cc1oc(-c2ccccc2)nc1COC(=O)C1(c2ccccc2)CCCC1. The molecule has 0 N–H and O–H groups in total. The molecule has 4 heteroatoms. The van der Waals surface area contributed by atoms with Gasteiger partial charge in [-0.05, 0) is 37.5 Å². The Kier molecular flexibility index (Phi) is 4.80. The molecule has 1 aliphatic rings. The zero-order valence-corrected chi connectivity index (χ0v) is 15.5. The number of ether oxygens (including phenoxy) is 1. The van der Waals surface area contributed by atoms with E-state index in [1.807, 2.05) is 67.6 Å². The molecule has 0 aliphatic heterocycles. The molecule has 0 unspecified atom stereocenters. The Bertz CT molecular complexity index is 909. The summed E-state index contributed by atoms with van der Waals surface area (Å²) in [5, 5.41) is 0. The van der Waals surface area contributed by atoms with Crippen molar-refractivity contribution >= 4 is 5.97 Å². The highest BCUT2D eigenvalue weighted by molar-refractivity contribution is 5.83. The van der Waals surface area contributed by atoms with Gasteiger partial charge in [0.1, 0.15) is 18.1 Å². The molecule has 4 nitrogen and oxygen atoms in total. The van der Waals surface area contributed by atoms with E-state index in [-0.39, 0.29) is 12.6 Å². The summed E-state index contributed by atoms with van der Waals surface area (Å²) in [6.07, 6.45) is 3.77. The van der Waals surface area contributed by atoms with Crippen LogP contribution in [0.5, 0.6) is 0 Å². The Balaban J connectivity index is 1.51. The fourth-order valence-corrected chi connectivity index (χ4v) is 3.88. The summed E-state index contributed by atoms with van der Waals surface area (Å²) in [5.74, 6) is 1.08. The van der Waals surface area contributed by atoms with E-state index in [9.17, 15) is 4.79 Å². The molecule has 0 atom stereocenters. The van der Waals surface area contributed by atoms with Crippen molar-refractivity contribution in [2.75, 3.05) is 0 Å². The van der Waals surface area contributed by atoms with Crippen LogP contribution in [-0.2, 0) is 21.6 Å². The molecule has 1 fully saturated rings. The van der Waals surface area contributed by atoms with Gasteiger partial charge in [0.25, 0.3) is 0 Å². The van der Waals surface area contributed by atoms with E-state index >= 15 is 0 Å². The van der Waals surface area contributed by atoms with Crippen LogP contribution in [0.4, 0.5) is 0 Å².